The Balaban J connectivity index is 1.84. The molecule has 2 aliphatic rings. The van der Waals surface area contributed by atoms with E-state index in [-0.39, 0.29) is 18.2 Å². The van der Waals surface area contributed by atoms with E-state index in [1.165, 1.54) is 30.3 Å². The first-order valence-electron chi connectivity index (χ1n) is 10.2. The van der Waals surface area contributed by atoms with Gasteiger partial charge in [-0.15, -0.1) is 0 Å². The number of piperidine rings is 1. The molecule has 3 aromatic rings. The molecule has 7 heteroatoms. The van der Waals surface area contributed by atoms with Crippen LogP contribution in [-0.4, -0.2) is 11.8 Å². The van der Waals surface area contributed by atoms with E-state index in [0.717, 1.165) is 0 Å². The lowest BCUT2D eigenvalue weighted by Crippen LogP contribution is -2.57. The number of anilines is 1. The predicted molar refractivity (Wildman–Crippen MR) is 118 cm³/mol. The maximum Gasteiger partial charge on any atom is 0.238 e. The van der Waals surface area contributed by atoms with Crippen molar-refractivity contribution < 1.29 is 18.4 Å². The van der Waals surface area contributed by atoms with Crippen LogP contribution in [0.1, 0.15) is 40.6 Å². The minimum atomic E-state index is -1.39. The van der Waals surface area contributed by atoms with Crippen LogP contribution in [0.25, 0.3) is 0 Å². The van der Waals surface area contributed by atoms with Crippen LogP contribution in [-0.2, 0) is 15.0 Å². The van der Waals surface area contributed by atoms with Crippen molar-refractivity contribution in [3.63, 3.8) is 0 Å². The van der Waals surface area contributed by atoms with E-state index in [4.69, 9.17) is 11.6 Å². The average molecular weight is 453 g/mol. The van der Waals surface area contributed by atoms with Crippen LogP contribution in [0.2, 0.25) is 5.02 Å². The van der Waals surface area contributed by atoms with Gasteiger partial charge in [0.05, 0.1) is 6.04 Å². The summed E-state index contributed by atoms with van der Waals surface area (Å²) in [5, 5.41) is 6.24. The minimum Gasteiger partial charge on any atom is -0.348 e. The highest BCUT2D eigenvalue weighted by Crippen LogP contribution is 2.57. The number of carbonyl (C=O) groups is 2. The third kappa shape index (κ3) is 3.01. The first-order chi connectivity index (χ1) is 15.3. The zero-order valence-corrected chi connectivity index (χ0v) is 17.8. The lowest BCUT2D eigenvalue weighted by molar-refractivity contribution is -0.131. The molecular weight excluding hydrogens is 434 g/mol. The standard InChI is InChI=1S/C25H19ClF2N2O2/c1-13-5-6-16(27)10-18(13)23-25(20-11-17(28)7-8-21(20)29-24(25)32)19(12-22(31)30-23)14-3-2-4-15(26)9-14/h2-11,19,23H,12H2,1H3,(H,29,32)(H,30,31)/t19-,23+,25+/m0/s1. The Kier molecular flexibility index (Phi) is 4.78. The molecule has 2 N–H and O–H groups in total. The van der Waals surface area contributed by atoms with Gasteiger partial charge < -0.3 is 10.6 Å². The Hall–Kier alpha value is -3.25. The van der Waals surface area contributed by atoms with E-state index < -0.39 is 29.0 Å². The van der Waals surface area contributed by atoms with Gasteiger partial charge in [0.2, 0.25) is 11.8 Å². The third-order valence-corrected chi connectivity index (χ3v) is 6.79. The second kappa shape index (κ2) is 7.41. The molecule has 0 radical (unpaired) electrons. The van der Waals surface area contributed by atoms with Gasteiger partial charge in [0.15, 0.2) is 0 Å². The number of hydrogen-bond donors (Lipinski definition) is 2. The molecule has 1 spiro atoms. The van der Waals surface area contributed by atoms with Crippen LogP contribution < -0.4 is 10.6 Å². The van der Waals surface area contributed by atoms with Gasteiger partial charge in [-0.3, -0.25) is 9.59 Å². The fraction of sp³-hybridized carbons (Fsp3) is 0.200. The molecule has 0 saturated carbocycles. The predicted octanol–water partition coefficient (Wildman–Crippen LogP) is 5.16. The van der Waals surface area contributed by atoms with E-state index in [1.54, 1.807) is 37.3 Å². The summed E-state index contributed by atoms with van der Waals surface area (Å²) in [6.45, 7) is 1.79. The Morgan fingerprint density at radius 1 is 1.00 bits per heavy atom. The van der Waals surface area contributed by atoms with Gasteiger partial charge in [-0.05, 0) is 71.6 Å². The van der Waals surface area contributed by atoms with E-state index in [9.17, 15) is 18.4 Å². The lowest BCUT2D eigenvalue weighted by atomic mass is 9.59. The van der Waals surface area contributed by atoms with Crippen molar-refractivity contribution >= 4 is 29.1 Å². The number of benzene rings is 3. The zero-order chi connectivity index (χ0) is 22.6. The molecule has 0 aliphatic carbocycles. The van der Waals surface area contributed by atoms with E-state index in [2.05, 4.69) is 10.6 Å². The fourth-order valence-corrected chi connectivity index (χ4v) is 5.38. The molecule has 162 valence electrons. The molecule has 3 atom stereocenters. The number of carbonyl (C=O) groups excluding carboxylic acids is 2. The van der Waals surface area contributed by atoms with Gasteiger partial charge in [-0.25, -0.2) is 8.78 Å². The average Bonchev–Trinajstić information content (AvgIpc) is 3.03. The molecule has 2 aliphatic heterocycles. The van der Waals surface area contributed by atoms with Crippen molar-refractivity contribution in [1.82, 2.24) is 5.32 Å². The van der Waals surface area contributed by atoms with Gasteiger partial charge in [0.1, 0.15) is 17.0 Å². The number of halogens is 3. The third-order valence-electron chi connectivity index (χ3n) is 6.55. The van der Waals surface area contributed by atoms with Gasteiger partial charge in [0.25, 0.3) is 0 Å². The number of amides is 2. The highest BCUT2D eigenvalue weighted by Gasteiger charge is 2.61. The van der Waals surface area contributed by atoms with E-state index >= 15 is 0 Å². The van der Waals surface area contributed by atoms with Gasteiger partial charge in [-0.2, -0.15) is 0 Å². The smallest absolute Gasteiger partial charge is 0.238 e. The largest absolute Gasteiger partial charge is 0.348 e. The normalized spacial score (nSPS) is 24.2. The molecule has 0 bridgehead atoms. The Morgan fingerprint density at radius 2 is 1.75 bits per heavy atom. The summed E-state index contributed by atoms with van der Waals surface area (Å²) in [6.07, 6.45) is -0.00538. The van der Waals surface area contributed by atoms with Gasteiger partial charge in [0, 0.05) is 23.0 Å². The molecule has 0 unspecified atom stereocenters. The number of nitrogens with one attached hydrogen (secondary N) is 2. The molecule has 4 nitrogen and oxygen atoms in total. The molecular formula is C25H19ClF2N2O2. The molecule has 0 aromatic heterocycles. The van der Waals surface area contributed by atoms with Crippen LogP contribution in [0, 0.1) is 18.6 Å². The molecule has 3 aromatic carbocycles. The van der Waals surface area contributed by atoms with Crippen molar-refractivity contribution in [3.05, 3.63) is 99.6 Å². The molecule has 2 heterocycles. The summed E-state index contributed by atoms with van der Waals surface area (Å²) in [6, 6.07) is 14.4. The Bertz CT molecular complexity index is 1280. The summed E-state index contributed by atoms with van der Waals surface area (Å²) in [5.74, 6) is -2.30. The van der Waals surface area contributed by atoms with Crippen LogP contribution in [0.5, 0.6) is 0 Å². The van der Waals surface area contributed by atoms with Crippen molar-refractivity contribution in [2.75, 3.05) is 5.32 Å². The van der Waals surface area contributed by atoms with Crippen molar-refractivity contribution in [2.24, 2.45) is 0 Å². The summed E-state index contributed by atoms with van der Waals surface area (Å²) in [5.41, 5.74) is 1.37. The van der Waals surface area contributed by atoms with Gasteiger partial charge in [-0.1, -0.05) is 29.8 Å². The molecule has 5 rings (SSSR count). The minimum absolute atomic E-state index is 0.00538. The fourth-order valence-electron chi connectivity index (χ4n) is 5.18. The molecule has 2 amide bonds. The molecule has 1 fully saturated rings. The maximum atomic E-state index is 14.5. The van der Waals surface area contributed by atoms with Gasteiger partial charge >= 0.3 is 0 Å². The highest BCUT2D eigenvalue weighted by atomic mass is 35.5. The zero-order valence-electron chi connectivity index (χ0n) is 17.1. The van der Waals surface area contributed by atoms with Crippen LogP contribution in [0.3, 0.4) is 0 Å². The molecule has 1 saturated heterocycles. The maximum absolute atomic E-state index is 14.5. The summed E-state index contributed by atoms with van der Waals surface area (Å²) >= 11 is 6.25. The Morgan fingerprint density at radius 3 is 2.53 bits per heavy atom. The molecule has 32 heavy (non-hydrogen) atoms. The number of fused-ring (bicyclic) bond motifs is 2. The number of aryl methyl sites for hydroxylation is 1. The Labute approximate surface area is 188 Å². The number of rotatable bonds is 2. The van der Waals surface area contributed by atoms with Crippen LogP contribution in [0.4, 0.5) is 14.5 Å². The second-order valence-electron chi connectivity index (χ2n) is 8.33. The van der Waals surface area contributed by atoms with Crippen LogP contribution >= 0.6 is 11.6 Å². The summed E-state index contributed by atoms with van der Waals surface area (Å²) < 4.78 is 28.8. The summed E-state index contributed by atoms with van der Waals surface area (Å²) in [4.78, 5) is 26.7. The first-order valence-corrected chi connectivity index (χ1v) is 10.6. The lowest BCUT2D eigenvalue weighted by Gasteiger charge is -2.46. The first kappa shape index (κ1) is 20.6. The van der Waals surface area contributed by atoms with Crippen molar-refractivity contribution in [2.45, 2.75) is 30.7 Å². The quantitative estimate of drug-likeness (QED) is 0.564. The van der Waals surface area contributed by atoms with E-state index in [0.29, 0.717) is 33.0 Å². The monoisotopic (exact) mass is 452 g/mol. The highest BCUT2D eigenvalue weighted by molar-refractivity contribution is 6.30. The van der Waals surface area contributed by atoms with E-state index in [1.807, 2.05) is 0 Å². The van der Waals surface area contributed by atoms with Crippen molar-refractivity contribution in [1.29, 1.82) is 0 Å². The van der Waals surface area contributed by atoms with Crippen molar-refractivity contribution in [3.8, 4) is 0 Å². The number of hydrogen-bond acceptors (Lipinski definition) is 2. The second-order valence-corrected chi connectivity index (χ2v) is 8.76. The summed E-state index contributed by atoms with van der Waals surface area (Å²) in [7, 11) is 0. The topological polar surface area (TPSA) is 58.2 Å². The SMILES string of the molecule is Cc1ccc(F)cc1[C@H]1NC(=O)C[C@@H](c2cccc(Cl)c2)[C@]12C(=O)Nc1ccc(F)cc12. The van der Waals surface area contributed by atoms with Crippen LogP contribution in [0.15, 0.2) is 60.7 Å².